The molecule has 1 fully saturated rings. The zero-order valence-electron chi connectivity index (χ0n) is 18.9. The molecule has 1 aromatic carbocycles. The van der Waals surface area contributed by atoms with Gasteiger partial charge in [0.05, 0.1) is 29.4 Å². The maximum Gasteiger partial charge on any atom is 0.277 e. The third-order valence-electron chi connectivity index (χ3n) is 6.92. The molecule has 0 bridgehead atoms. The number of piperidine rings is 1. The van der Waals surface area contributed by atoms with Crippen molar-refractivity contribution >= 4 is 11.6 Å². The van der Waals surface area contributed by atoms with Gasteiger partial charge in [0.15, 0.2) is 5.65 Å². The van der Waals surface area contributed by atoms with Crippen LogP contribution in [0.5, 0.6) is 0 Å². The summed E-state index contributed by atoms with van der Waals surface area (Å²) in [5, 5.41) is 3.31. The van der Waals surface area contributed by atoms with E-state index >= 15 is 0 Å². The van der Waals surface area contributed by atoms with Gasteiger partial charge in [-0.05, 0) is 38.7 Å². The van der Waals surface area contributed by atoms with Crippen LogP contribution in [0.4, 0.5) is 0 Å². The molecular weight excluding hydrogens is 402 g/mol. The SMILES string of the molecule is CC(C)N1CCc2nc3cc(C4CCCCN4C(=O)Cc4ccccc4)[nH]n3c(=O)c2C1. The van der Waals surface area contributed by atoms with Gasteiger partial charge in [-0.3, -0.25) is 19.6 Å². The third kappa shape index (κ3) is 3.86. The van der Waals surface area contributed by atoms with E-state index in [0.717, 1.165) is 61.3 Å². The van der Waals surface area contributed by atoms with Crippen LogP contribution < -0.4 is 5.56 Å². The second kappa shape index (κ2) is 8.54. The van der Waals surface area contributed by atoms with Crippen LogP contribution >= 0.6 is 0 Å². The Morgan fingerprint density at radius 1 is 1.19 bits per heavy atom. The van der Waals surface area contributed by atoms with Crippen molar-refractivity contribution in [2.75, 3.05) is 13.1 Å². The Balaban J connectivity index is 1.46. The van der Waals surface area contributed by atoms with E-state index in [4.69, 9.17) is 4.98 Å². The van der Waals surface area contributed by atoms with E-state index in [0.29, 0.717) is 24.7 Å². The molecule has 7 nitrogen and oxygen atoms in total. The standard InChI is InChI=1S/C25H31N5O2/c1-17(2)28-13-11-20-19(16-28)25(32)30-23(26-20)15-21(27-30)22-10-6-7-12-29(22)24(31)14-18-8-4-3-5-9-18/h3-5,8-9,15,17,22,27H,6-7,10-14,16H2,1-2H3. The van der Waals surface area contributed by atoms with Gasteiger partial charge < -0.3 is 4.90 Å². The fraction of sp³-hybridized carbons (Fsp3) is 0.480. The molecule has 1 saturated heterocycles. The second-order valence-electron chi connectivity index (χ2n) is 9.32. The van der Waals surface area contributed by atoms with E-state index in [1.807, 2.05) is 41.3 Å². The molecule has 5 rings (SSSR count). The van der Waals surface area contributed by atoms with Crippen LogP contribution in [-0.2, 0) is 24.2 Å². The van der Waals surface area contributed by atoms with Crippen LogP contribution in [0.2, 0.25) is 0 Å². The molecule has 0 aliphatic carbocycles. The highest BCUT2D eigenvalue weighted by Crippen LogP contribution is 2.31. The average molecular weight is 434 g/mol. The molecule has 0 radical (unpaired) electrons. The summed E-state index contributed by atoms with van der Waals surface area (Å²) in [4.78, 5) is 35.6. The molecule has 1 unspecified atom stereocenters. The maximum absolute atomic E-state index is 13.3. The minimum atomic E-state index is -0.0507. The van der Waals surface area contributed by atoms with Gasteiger partial charge in [0.2, 0.25) is 5.91 Å². The van der Waals surface area contributed by atoms with Crippen molar-refractivity contribution in [2.45, 2.75) is 64.6 Å². The van der Waals surface area contributed by atoms with Crippen LogP contribution in [0.15, 0.2) is 41.2 Å². The number of fused-ring (bicyclic) bond motifs is 2. The largest absolute Gasteiger partial charge is 0.334 e. The third-order valence-corrected chi connectivity index (χ3v) is 6.92. The van der Waals surface area contributed by atoms with E-state index in [1.54, 1.807) is 4.52 Å². The van der Waals surface area contributed by atoms with Crippen molar-refractivity contribution in [2.24, 2.45) is 0 Å². The van der Waals surface area contributed by atoms with Gasteiger partial charge in [-0.2, -0.15) is 0 Å². The van der Waals surface area contributed by atoms with Crippen molar-refractivity contribution in [1.82, 2.24) is 24.4 Å². The first-order valence-electron chi connectivity index (χ1n) is 11.7. The normalized spacial score (nSPS) is 19.5. The summed E-state index contributed by atoms with van der Waals surface area (Å²) < 4.78 is 1.58. The number of carbonyl (C=O) groups excluding carboxylic acids is 1. The summed E-state index contributed by atoms with van der Waals surface area (Å²) in [5.41, 5.74) is 4.27. The van der Waals surface area contributed by atoms with Crippen molar-refractivity contribution in [3.05, 3.63) is 69.3 Å². The van der Waals surface area contributed by atoms with Crippen LogP contribution in [0.1, 0.15) is 61.7 Å². The Hall–Kier alpha value is -2.93. The number of nitrogens with one attached hydrogen (secondary N) is 1. The smallest absolute Gasteiger partial charge is 0.277 e. The van der Waals surface area contributed by atoms with E-state index in [-0.39, 0.29) is 17.5 Å². The molecule has 4 heterocycles. The van der Waals surface area contributed by atoms with Crippen LogP contribution in [0, 0.1) is 0 Å². The summed E-state index contributed by atoms with van der Waals surface area (Å²) in [6.45, 7) is 6.63. The molecule has 1 atom stereocenters. The first kappa shape index (κ1) is 20.9. The fourth-order valence-corrected chi connectivity index (χ4v) is 5.06. The highest BCUT2D eigenvalue weighted by Gasteiger charge is 2.30. The van der Waals surface area contributed by atoms with Gasteiger partial charge in [-0.1, -0.05) is 30.3 Å². The molecule has 0 saturated carbocycles. The predicted molar refractivity (Wildman–Crippen MR) is 124 cm³/mol. The van der Waals surface area contributed by atoms with E-state index in [9.17, 15) is 9.59 Å². The highest BCUT2D eigenvalue weighted by molar-refractivity contribution is 5.79. The number of H-pyrrole nitrogens is 1. The lowest BCUT2D eigenvalue weighted by Gasteiger charge is -2.35. The zero-order chi connectivity index (χ0) is 22.2. The molecule has 7 heteroatoms. The Morgan fingerprint density at radius 2 is 2.00 bits per heavy atom. The van der Waals surface area contributed by atoms with Crippen molar-refractivity contribution in [1.29, 1.82) is 0 Å². The number of hydrogen-bond acceptors (Lipinski definition) is 4. The summed E-state index contributed by atoms with van der Waals surface area (Å²) in [5.74, 6) is 0.131. The lowest BCUT2D eigenvalue weighted by atomic mass is 9.98. The van der Waals surface area contributed by atoms with Crippen LogP contribution in [0.25, 0.3) is 5.65 Å². The molecule has 3 aromatic rings. The first-order valence-corrected chi connectivity index (χ1v) is 11.7. The number of aromatic nitrogens is 3. The van der Waals surface area contributed by atoms with Crippen LogP contribution in [0.3, 0.4) is 0 Å². The monoisotopic (exact) mass is 433 g/mol. The Morgan fingerprint density at radius 3 is 2.78 bits per heavy atom. The predicted octanol–water partition coefficient (Wildman–Crippen LogP) is 3.09. The van der Waals surface area contributed by atoms with E-state index < -0.39 is 0 Å². The van der Waals surface area contributed by atoms with Gasteiger partial charge in [-0.15, -0.1) is 0 Å². The number of nitrogens with zero attached hydrogens (tertiary/aromatic N) is 4. The molecule has 168 valence electrons. The molecule has 1 N–H and O–H groups in total. The van der Waals surface area contributed by atoms with Crippen molar-refractivity contribution < 1.29 is 4.79 Å². The molecule has 32 heavy (non-hydrogen) atoms. The first-order chi connectivity index (χ1) is 15.5. The molecule has 2 aliphatic heterocycles. The lowest BCUT2D eigenvalue weighted by Crippen LogP contribution is -2.40. The zero-order valence-corrected chi connectivity index (χ0v) is 18.9. The van der Waals surface area contributed by atoms with E-state index in [2.05, 4.69) is 23.8 Å². The minimum Gasteiger partial charge on any atom is -0.334 e. The van der Waals surface area contributed by atoms with Crippen molar-refractivity contribution in [3.63, 3.8) is 0 Å². The Bertz CT molecular complexity index is 1180. The van der Waals surface area contributed by atoms with Gasteiger partial charge in [0, 0.05) is 38.2 Å². The quantitative estimate of drug-likeness (QED) is 0.686. The highest BCUT2D eigenvalue weighted by atomic mass is 16.2. The van der Waals surface area contributed by atoms with Gasteiger partial charge >= 0.3 is 0 Å². The molecule has 0 spiro atoms. The number of carbonyl (C=O) groups is 1. The molecule has 1 amide bonds. The Labute approximate surface area is 188 Å². The van der Waals surface area contributed by atoms with E-state index in [1.165, 1.54) is 0 Å². The number of likely N-dealkylation sites (tertiary alicyclic amines) is 1. The van der Waals surface area contributed by atoms with Crippen LogP contribution in [-0.4, -0.2) is 49.4 Å². The minimum absolute atomic E-state index is 0.0143. The topological polar surface area (TPSA) is 73.7 Å². The molecule has 2 aromatic heterocycles. The van der Waals surface area contributed by atoms with Gasteiger partial charge in [-0.25, -0.2) is 9.50 Å². The Kier molecular flexibility index (Phi) is 5.59. The number of amides is 1. The van der Waals surface area contributed by atoms with Gasteiger partial charge in [0.25, 0.3) is 5.56 Å². The summed E-state index contributed by atoms with van der Waals surface area (Å²) in [7, 11) is 0. The maximum atomic E-state index is 13.3. The van der Waals surface area contributed by atoms with Crippen molar-refractivity contribution in [3.8, 4) is 0 Å². The second-order valence-corrected chi connectivity index (χ2v) is 9.32. The number of rotatable bonds is 4. The molecular formula is C25H31N5O2. The summed E-state index contributed by atoms with van der Waals surface area (Å²) in [6.07, 6.45) is 4.16. The lowest BCUT2D eigenvalue weighted by molar-refractivity contribution is -0.134. The molecule has 2 aliphatic rings. The average Bonchev–Trinajstić information content (AvgIpc) is 3.24. The summed E-state index contributed by atoms with van der Waals surface area (Å²) in [6, 6.07) is 12.2. The summed E-state index contributed by atoms with van der Waals surface area (Å²) >= 11 is 0. The number of aromatic amines is 1. The number of benzene rings is 1. The fourth-order valence-electron chi connectivity index (χ4n) is 5.06. The van der Waals surface area contributed by atoms with Gasteiger partial charge in [0.1, 0.15) is 0 Å². The number of hydrogen-bond donors (Lipinski definition) is 1.